The predicted molar refractivity (Wildman–Crippen MR) is 135 cm³/mol. The molecule has 0 aliphatic carbocycles. The predicted octanol–water partition coefficient (Wildman–Crippen LogP) is 3.71. The molecule has 172 valence electrons. The molecule has 0 saturated carbocycles. The number of fused-ring (bicyclic) bond motifs is 1. The van der Waals surface area contributed by atoms with Gasteiger partial charge in [0, 0.05) is 24.7 Å². The summed E-state index contributed by atoms with van der Waals surface area (Å²) in [5.74, 6) is -0.406. The van der Waals surface area contributed by atoms with E-state index in [2.05, 4.69) is 6.92 Å². The summed E-state index contributed by atoms with van der Waals surface area (Å²) in [5.41, 5.74) is 3.06. The van der Waals surface area contributed by atoms with E-state index in [1.54, 1.807) is 11.5 Å². The lowest BCUT2D eigenvalue weighted by molar-refractivity contribution is -0.139. The first-order chi connectivity index (χ1) is 15.9. The highest BCUT2D eigenvalue weighted by Crippen LogP contribution is 2.34. The summed E-state index contributed by atoms with van der Waals surface area (Å²) < 4.78 is 7.64. The molecule has 0 bridgehead atoms. The number of hydrogen-bond acceptors (Lipinski definition) is 7. The van der Waals surface area contributed by atoms with E-state index in [-0.39, 0.29) is 12.2 Å². The third kappa shape index (κ3) is 4.58. The Morgan fingerprint density at radius 1 is 1.21 bits per heavy atom. The quantitative estimate of drug-likeness (QED) is 0.483. The second kappa shape index (κ2) is 9.89. The van der Waals surface area contributed by atoms with Crippen molar-refractivity contribution in [3.8, 4) is 0 Å². The highest BCUT2D eigenvalue weighted by molar-refractivity contribution is 7.10. The smallest absolute Gasteiger partial charge is 0.338 e. The first-order valence-electron chi connectivity index (χ1n) is 11.0. The van der Waals surface area contributed by atoms with Gasteiger partial charge in [-0.25, -0.2) is 9.79 Å². The molecule has 0 N–H and O–H groups in total. The molecule has 3 aromatic rings. The maximum Gasteiger partial charge on any atom is 0.338 e. The van der Waals surface area contributed by atoms with Gasteiger partial charge in [0.15, 0.2) is 4.80 Å². The molecule has 0 amide bonds. The van der Waals surface area contributed by atoms with Crippen LogP contribution in [-0.4, -0.2) is 31.2 Å². The monoisotopic (exact) mass is 481 g/mol. The fraction of sp³-hybridized carbons (Fsp3) is 0.320. The van der Waals surface area contributed by atoms with Gasteiger partial charge in [-0.1, -0.05) is 42.9 Å². The van der Waals surface area contributed by atoms with E-state index in [9.17, 15) is 9.59 Å². The number of carbonyl (C=O) groups is 1. The summed E-state index contributed by atoms with van der Waals surface area (Å²) in [7, 11) is 3.99. The van der Waals surface area contributed by atoms with Gasteiger partial charge in [-0.15, -0.1) is 11.3 Å². The number of thiazole rings is 1. The number of esters is 1. The minimum absolute atomic E-state index is 0.147. The van der Waals surface area contributed by atoms with Crippen LogP contribution in [0.5, 0.6) is 0 Å². The molecule has 3 heterocycles. The van der Waals surface area contributed by atoms with Gasteiger partial charge in [0.1, 0.15) is 6.04 Å². The molecule has 33 heavy (non-hydrogen) atoms. The Hall–Kier alpha value is -2.97. The Balaban J connectivity index is 1.91. The molecule has 0 radical (unpaired) electrons. The van der Waals surface area contributed by atoms with Crippen molar-refractivity contribution < 1.29 is 9.53 Å². The van der Waals surface area contributed by atoms with Crippen molar-refractivity contribution in [2.75, 3.05) is 25.6 Å². The molecule has 1 unspecified atom stereocenters. The standard InChI is InChI=1S/C25H27N3O3S2/c1-5-8-18-21(24(30)31-6-2)22(19-9-7-14-32-19)28-23(29)20(33-25(28)26-18)15-16-10-12-17(13-11-16)27(3)4/h7,9-15,22H,5-6,8H2,1-4H3/b20-15-. The first-order valence-corrected chi connectivity index (χ1v) is 12.7. The lowest BCUT2D eigenvalue weighted by atomic mass is 9.99. The Kier molecular flexibility index (Phi) is 6.95. The summed E-state index contributed by atoms with van der Waals surface area (Å²) in [4.78, 5) is 35.0. The van der Waals surface area contributed by atoms with Crippen LogP contribution in [0.15, 0.2) is 62.8 Å². The molecule has 2 aromatic heterocycles. The van der Waals surface area contributed by atoms with Crippen molar-refractivity contribution in [3.05, 3.63) is 83.2 Å². The van der Waals surface area contributed by atoms with Crippen LogP contribution < -0.4 is 19.8 Å². The molecule has 1 aliphatic rings. The number of ether oxygens (including phenoxy) is 1. The first kappa shape index (κ1) is 23.2. The Labute approximate surface area is 200 Å². The van der Waals surface area contributed by atoms with Crippen LogP contribution in [0.2, 0.25) is 0 Å². The zero-order valence-corrected chi connectivity index (χ0v) is 20.8. The van der Waals surface area contributed by atoms with Crippen molar-refractivity contribution in [1.29, 1.82) is 0 Å². The SMILES string of the molecule is CCCC1=C(C(=O)OCC)C(c2cccs2)n2c(s/c(=C\c3ccc(N(C)C)cc3)c2=O)=N1. The number of nitrogens with zero attached hydrogens (tertiary/aromatic N) is 3. The van der Waals surface area contributed by atoms with Crippen molar-refractivity contribution in [2.45, 2.75) is 32.7 Å². The second-order valence-electron chi connectivity index (χ2n) is 7.91. The van der Waals surface area contributed by atoms with Crippen LogP contribution in [0, 0.1) is 0 Å². The van der Waals surface area contributed by atoms with E-state index in [4.69, 9.17) is 9.73 Å². The van der Waals surface area contributed by atoms with Crippen LogP contribution in [0.1, 0.15) is 43.2 Å². The maximum absolute atomic E-state index is 13.6. The molecule has 1 aliphatic heterocycles. The largest absolute Gasteiger partial charge is 0.463 e. The van der Waals surface area contributed by atoms with Gasteiger partial charge in [-0.05, 0) is 48.6 Å². The lowest BCUT2D eigenvalue weighted by Gasteiger charge is -2.24. The third-order valence-corrected chi connectivity index (χ3v) is 7.32. The van der Waals surface area contributed by atoms with Gasteiger partial charge in [-0.3, -0.25) is 9.36 Å². The number of anilines is 1. The molecule has 0 saturated heterocycles. The second-order valence-corrected chi connectivity index (χ2v) is 9.90. The Morgan fingerprint density at radius 2 is 1.97 bits per heavy atom. The number of allylic oxidation sites excluding steroid dienone is 1. The Bertz CT molecular complexity index is 1350. The fourth-order valence-electron chi connectivity index (χ4n) is 3.86. The lowest BCUT2D eigenvalue weighted by Crippen LogP contribution is -2.39. The molecule has 0 fully saturated rings. The van der Waals surface area contributed by atoms with Crippen LogP contribution >= 0.6 is 22.7 Å². The number of thiophene rings is 1. The van der Waals surface area contributed by atoms with Crippen molar-refractivity contribution >= 4 is 40.4 Å². The van der Waals surface area contributed by atoms with Crippen molar-refractivity contribution in [3.63, 3.8) is 0 Å². The highest BCUT2D eigenvalue weighted by Gasteiger charge is 2.34. The van der Waals surface area contributed by atoms with Crippen molar-refractivity contribution in [1.82, 2.24) is 4.57 Å². The van der Waals surface area contributed by atoms with Crippen LogP contribution in [0.3, 0.4) is 0 Å². The molecular weight excluding hydrogens is 454 g/mol. The van der Waals surface area contributed by atoms with Gasteiger partial charge < -0.3 is 9.64 Å². The van der Waals surface area contributed by atoms with E-state index >= 15 is 0 Å². The summed E-state index contributed by atoms with van der Waals surface area (Å²) in [5, 5.41) is 1.96. The van der Waals surface area contributed by atoms with Crippen LogP contribution in [0.25, 0.3) is 6.08 Å². The van der Waals surface area contributed by atoms with E-state index in [1.165, 1.54) is 22.7 Å². The zero-order chi connectivity index (χ0) is 23.5. The third-order valence-electron chi connectivity index (χ3n) is 5.41. The molecular formula is C25H27N3O3S2. The normalized spacial score (nSPS) is 15.9. The van der Waals surface area contributed by atoms with Gasteiger partial charge in [0.2, 0.25) is 0 Å². The number of hydrogen-bond donors (Lipinski definition) is 0. The van der Waals surface area contributed by atoms with E-state index < -0.39 is 12.0 Å². The summed E-state index contributed by atoms with van der Waals surface area (Å²) in [6.45, 7) is 4.11. The van der Waals surface area contributed by atoms with E-state index in [1.807, 2.05) is 66.8 Å². The maximum atomic E-state index is 13.6. The fourth-order valence-corrected chi connectivity index (χ4v) is 5.70. The summed E-state index contributed by atoms with van der Waals surface area (Å²) >= 11 is 2.89. The molecule has 4 rings (SSSR count). The van der Waals surface area contributed by atoms with E-state index in [0.717, 1.165) is 22.5 Å². The number of carbonyl (C=O) groups excluding carboxylic acids is 1. The zero-order valence-electron chi connectivity index (χ0n) is 19.2. The molecule has 1 atom stereocenters. The topological polar surface area (TPSA) is 63.9 Å². The van der Waals surface area contributed by atoms with Gasteiger partial charge in [-0.2, -0.15) is 0 Å². The average molecular weight is 482 g/mol. The summed E-state index contributed by atoms with van der Waals surface area (Å²) in [6.07, 6.45) is 3.38. The number of rotatable bonds is 7. The Morgan fingerprint density at radius 3 is 2.58 bits per heavy atom. The number of aromatic nitrogens is 1. The van der Waals surface area contributed by atoms with Gasteiger partial charge in [0.25, 0.3) is 5.56 Å². The molecule has 1 aromatic carbocycles. The van der Waals surface area contributed by atoms with Crippen molar-refractivity contribution in [2.24, 2.45) is 4.99 Å². The minimum atomic E-state index is -0.528. The molecule has 8 heteroatoms. The van der Waals surface area contributed by atoms with Crippen LogP contribution in [0.4, 0.5) is 5.69 Å². The van der Waals surface area contributed by atoms with E-state index in [0.29, 0.717) is 27.0 Å². The van der Waals surface area contributed by atoms with Gasteiger partial charge in [0.05, 0.1) is 22.4 Å². The molecule has 6 nitrogen and oxygen atoms in total. The minimum Gasteiger partial charge on any atom is -0.463 e. The number of benzene rings is 1. The van der Waals surface area contributed by atoms with Crippen LogP contribution in [-0.2, 0) is 9.53 Å². The van der Waals surface area contributed by atoms with Gasteiger partial charge >= 0.3 is 5.97 Å². The molecule has 0 spiro atoms. The summed E-state index contributed by atoms with van der Waals surface area (Å²) in [6, 6.07) is 11.4. The highest BCUT2D eigenvalue weighted by atomic mass is 32.1. The average Bonchev–Trinajstić information content (AvgIpc) is 3.42.